The van der Waals surface area contributed by atoms with Crippen molar-refractivity contribution < 1.29 is 40.0 Å². The maximum absolute atomic E-state index is 13.0. The van der Waals surface area contributed by atoms with Crippen LogP contribution in [0.25, 0.3) is 0 Å². The predicted molar refractivity (Wildman–Crippen MR) is 101 cm³/mol. The Bertz CT molecular complexity index is 862. The molecular formula is C20H29F3O6S. The van der Waals surface area contributed by atoms with Crippen molar-refractivity contribution in [2.45, 2.75) is 77.3 Å². The van der Waals surface area contributed by atoms with Gasteiger partial charge in [0.05, 0.1) is 7.11 Å². The van der Waals surface area contributed by atoms with Crippen molar-refractivity contribution in [1.82, 2.24) is 0 Å². The van der Waals surface area contributed by atoms with Gasteiger partial charge in [-0.15, -0.1) is 0 Å². The number of esters is 1. The lowest BCUT2D eigenvalue weighted by Gasteiger charge is -2.63. The van der Waals surface area contributed by atoms with E-state index in [0.29, 0.717) is 12.3 Å². The Morgan fingerprint density at radius 1 is 1.10 bits per heavy atom. The second-order valence-electron chi connectivity index (χ2n) is 9.84. The van der Waals surface area contributed by atoms with Crippen LogP contribution in [-0.4, -0.2) is 32.6 Å². The molecule has 0 unspecified atom stereocenters. The van der Waals surface area contributed by atoms with Gasteiger partial charge in [-0.1, -0.05) is 27.2 Å². The van der Waals surface area contributed by atoms with Gasteiger partial charge in [0.15, 0.2) is 5.76 Å². The summed E-state index contributed by atoms with van der Waals surface area (Å²) in [5, 5.41) is 0. The highest BCUT2D eigenvalue weighted by atomic mass is 32.2. The molecule has 0 N–H and O–H groups in total. The van der Waals surface area contributed by atoms with Gasteiger partial charge in [0.1, 0.15) is 5.60 Å². The quantitative estimate of drug-likeness (QED) is 0.351. The first kappa shape index (κ1) is 23.2. The van der Waals surface area contributed by atoms with E-state index in [1.54, 1.807) is 0 Å². The second kappa shape index (κ2) is 7.03. The number of hydrogen-bond donors (Lipinski definition) is 0. The number of allylic oxidation sites excluding steroid dienone is 1. The van der Waals surface area contributed by atoms with E-state index in [9.17, 15) is 26.4 Å². The predicted octanol–water partition coefficient (Wildman–Crippen LogP) is 4.66. The summed E-state index contributed by atoms with van der Waals surface area (Å²) in [6.45, 7) is 8.33. The van der Waals surface area contributed by atoms with Gasteiger partial charge in [-0.05, 0) is 49.4 Å². The highest BCUT2D eigenvalue weighted by molar-refractivity contribution is 7.87. The maximum atomic E-state index is 13.0. The zero-order chi connectivity index (χ0) is 22.8. The fourth-order valence-electron chi connectivity index (χ4n) is 6.25. The summed E-state index contributed by atoms with van der Waals surface area (Å²) in [7, 11) is -4.90. The largest absolute Gasteiger partial charge is 0.534 e. The van der Waals surface area contributed by atoms with Crippen molar-refractivity contribution in [3.05, 3.63) is 11.5 Å². The molecule has 30 heavy (non-hydrogen) atoms. The van der Waals surface area contributed by atoms with Crippen molar-refractivity contribution in [2.75, 3.05) is 7.11 Å². The fourth-order valence-corrected chi connectivity index (χ4v) is 6.75. The molecule has 10 heteroatoms. The summed E-state index contributed by atoms with van der Waals surface area (Å²) in [4.78, 5) is 12.2. The number of carbonyl (C=O) groups excluding carboxylic acids is 1. The van der Waals surface area contributed by atoms with Gasteiger partial charge in [-0.2, -0.15) is 21.6 Å². The molecule has 0 radical (unpaired) electrons. The van der Waals surface area contributed by atoms with Crippen molar-refractivity contribution in [3.63, 3.8) is 0 Å². The van der Waals surface area contributed by atoms with E-state index in [-0.39, 0.29) is 23.2 Å². The lowest BCUT2D eigenvalue weighted by atomic mass is 9.45. The molecule has 1 aliphatic heterocycles. The minimum absolute atomic E-state index is 0.0414. The number of ether oxygens (including phenoxy) is 2. The van der Waals surface area contributed by atoms with Gasteiger partial charge in [-0.25, -0.2) is 4.79 Å². The van der Waals surface area contributed by atoms with Crippen LogP contribution in [0, 0.1) is 22.7 Å². The molecule has 172 valence electrons. The van der Waals surface area contributed by atoms with Crippen LogP contribution in [0.5, 0.6) is 0 Å². The molecule has 2 aliphatic carbocycles. The Hall–Kier alpha value is -1.45. The topological polar surface area (TPSA) is 78.9 Å². The Balaban J connectivity index is 2.08. The Morgan fingerprint density at radius 3 is 2.30 bits per heavy atom. The third-order valence-electron chi connectivity index (χ3n) is 7.58. The van der Waals surface area contributed by atoms with Gasteiger partial charge < -0.3 is 13.7 Å². The van der Waals surface area contributed by atoms with E-state index in [0.717, 1.165) is 32.8 Å². The smallest absolute Gasteiger partial charge is 0.478 e. The number of hydrogen-bond acceptors (Lipinski definition) is 6. The lowest BCUT2D eigenvalue weighted by molar-refractivity contribution is -0.194. The zero-order valence-corrected chi connectivity index (χ0v) is 18.7. The van der Waals surface area contributed by atoms with Crippen molar-refractivity contribution >= 4 is 16.1 Å². The molecule has 3 rings (SSSR count). The average molecular weight is 455 g/mol. The molecule has 0 aromatic rings. The average Bonchev–Trinajstić information content (AvgIpc) is 2.59. The first-order valence-corrected chi connectivity index (χ1v) is 11.5. The second-order valence-corrected chi connectivity index (χ2v) is 11.4. The van der Waals surface area contributed by atoms with E-state index in [1.165, 1.54) is 0 Å². The fraction of sp³-hybridized carbons (Fsp3) is 0.850. The monoisotopic (exact) mass is 454 g/mol. The number of rotatable bonds is 3. The first-order valence-electron chi connectivity index (χ1n) is 10.1. The number of carbonyl (C=O) groups is 1. The normalized spacial score (nSPS) is 36.3. The number of methoxy groups -OCH3 is 1. The third-order valence-corrected chi connectivity index (χ3v) is 8.57. The molecule has 2 saturated carbocycles. The number of fused-ring (bicyclic) bond motifs is 3. The minimum Gasteiger partial charge on any atom is -0.478 e. The van der Waals surface area contributed by atoms with Crippen LogP contribution in [0.2, 0.25) is 0 Å². The van der Waals surface area contributed by atoms with Crippen molar-refractivity contribution in [3.8, 4) is 0 Å². The Kier molecular flexibility index (Phi) is 5.44. The van der Waals surface area contributed by atoms with Crippen LogP contribution in [0.1, 0.15) is 66.2 Å². The molecule has 0 spiro atoms. The first-order chi connectivity index (χ1) is 13.6. The third kappa shape index (κ3) is 3.58. The van der Waals surface area contributed by atoms with Crippen molar-refractivity contribution in [1.29, 1.82) is 0 Å². The van der Waals surface area contributed by atoms with E-state index >= 15 is 0 Å². The molecule has 0 aromatic carbocycles. The molecule has 0 bridgehead atoms. The van der Waals surface area contributed by atoms with Crippen molar-refractivity contribution in [2.24, 2.45) is 22.7 Å². The Labute approximate surface area is 175 Å². The Morgan fingerprint density at radius 2 is 1.73 bits per heavy atom. The van der Waals surface area contributed by atoms with Gasteiger partial charge in [0, 0.05) is 12.3 Å². The summed E-state index contributed by atoms with van der Waals surface area (Å²) in [6.07, 6.45) is 4.16. The van der Waals surface area contributed by atoms with Crippen LogP contribution in [0.3, 0.4) is 0 Å². The SMILES string of the molecule is COC(=O)C1=C(OS(=O)(=O)C(F)(F)F)C[C@H]2[C@]3(C)CCCC(C)(C)[C@H]3CC[C@]2(C)O1. The molecule has 0 aromatic heterocycles. The van der Waals surface area contributed by atoms with E-state index in [2.05, 4.69) is 29.7 Å². The van der Waals surface area contributed by atoms with Gasteiger partial charge >= 0.3 is 21.6 Å². The molecule has 0 saturated heterocycles. The lowest BCUT2D eigenvalue weighted by Crippen LogP contribution is -2.60. The van der Waals surface area contributed by atoms with E-state index in [1.807, 2.05) is 6.92 Å². The summed E-state index contributed by atoms with van der Waals surface area (Å²) in [6, 6.07) is 0. The summed E-state index contributed by atoms with van der Waals surface area (Å²) < 4.78 is 77.3. The molecule has 6 nitrogen and oxygen atoms in total. The number of halogens is 3. The molecule has 3 aliphatic rings. The van der Waals surface area contributed by atoms with Gasteiger partial charge in [0.2, 0.25) is 5.76 Å². The summed E-state index contributed by atoms with van der Waals surface area (Å²) >= 11 is 0. The summed E-state index contributed by atoms with van der Waals surface area (Å²) in [5.41, 5.74) is -6.71. The molecule has 0 amide bonds. The number of alkyl halides is 3. The molecular weight excluding hydrogens is 425 g/mol. The van der Waals surface area contributed by atoms with E-state index in [4.69, 9.17) is 4.74 Å². The standard InChI is InChI=1S/C20H29F3O6S/c1-17(2)8-6-9-18(3)13(17)7-10-19(4)14(18)11-12(15(28-19)16(24)27-5)29-30(25,26)20(21,22)23/h13-14H,6-11H2,1-5H3/t13-,14+,18-,19+/m1/s1. The highest BCUT2D eigenvalue weighted by Gasteiger charge is 2.62. The minimum atomic E-state index is -5.95. The van der Waals surface area contributed by atoms with E-state index < -0.39 is 38.7 Å². The molecule has 4 atom stereocenters. The maximum Gasteiger partial charge on any atom is 0.534 e. The zero-order valence-electron chi connectivity index (χ0n) is 17.9. The van der Waals surface area contributed by atoms with Crippen LogP contribution in [-0.2, 0) is 28.6 Å². The van der Waals surface area contributed by atoms with Gasteiger partial charge in [0.25, 0.3) is 0 Å². The molecule has 2 fully saturated rings. The highest BCUT2D eigenvalue weighted by Crippen LogP contribution is 2.65. The van der Waals surface area contributed by atoms with Crippen LogP contribution in [0.4, 0.5) is 13.2 Å². The summed E-state index contributed by atoms with van der Waals surface area (Å²) in [5.74, 6) is -2.30. The molecule has 1 heterocycles. The van der Waals surface area contributed by atoms with Crippen LogP contribution >= 0.6 is 0 Å². The van der Waals surface area contributed by atoms with Crippen LogP contribution < -0.4 is 0 Å². The van der Waals surface area contributed by atoms with Crippen LogP contribution in [0.15, 0.2) is 11.5 Å². The van der Waals surface area contributed by atoms with Gasteiger partial charge in [-0.3, -0.25) is 0 Å².